The van der Waals surface area contributed by atoms with E-state index in [-0.39, 0.29) is 17.4 Å². The Labute approximate surface area is 110 Å². The minimum Gasteiger partial charge on any atom is -0.467 e. The number of ether oxygens (including phenoxy) is 2. The van der Waals surface area contributed by atoms with Gasteiger partial charge in [-0.3, -0.25) is 4.79 Å². The molecule has 0 aromatic heterocycles. The van der Waals surface area contributed by atoms with Crippen LogP contribution in [0.15, 0.2) is 0 Å². The molecule has 0 bridgehead atoms. The van der Waals surface area contributed by atoms with E-state index in [0.29, 0.717) is 26.0 Å². The van der Waals surface area contributed by atoms with Crippen molar-refractivity contribution in [2.45, 2.75) is 18.9 Å². The van der Waals surface area contributed by atoms with E-state index < -0.39 is 17.5 Å². The van der Waals surface area contributed by atoms with Gasteiger partial charge in [0.15, 0.2) is 6.10 Å². The van der Waals surface area contributed by atoms with Crippen LogP contribution in [0, 0.1) is 5.41 Å². The molecule has 0 radical (unpaired) electrons. The van der Waals surface area contributed by atoms with Crippen molar-refractivity contribution in [3.63, 3.8) is 0 Å². The number of methoxy groups -OCH3 is 1. The Morgan fingerprint density at radius 3 is 2.67 bits per heavy atom. The Balaban J connectivity index is 2.03. The Kier molecular flexibility index (Phi) is 3.54. The molecule has 1 atom stereocenters. The van der Waals surface area contributed by atoms with Crippen molar-refractivity contribution in [2.24, 2.45) is 11.1 Å². The van der Waals surface area contributed by atoms with Crippen molar-refractivity contribution in [1.29, 1.82) is 0 Å². The molecule has 1 aliphatic carbocycles. The molecule has 7 heteroatoms. The minimum atomic E-state index is -0.713. The first-order valence-corrected chi connectivity index (χ1v) is 6.21. The quantitative estimate of drug-likeness (QED) is 0.548. The van der Waals surface area contributed by atoms with Gasteiger partial charge in [-0.05, 0) is 12.8 Å². The van der Waals surface area contributed by atoms with E-state index in [4.69, 9.17) is 22.7 Å². The van der Waals surface area contributed by atoms with Gasteiger partial charge in [-0.1, -0.05) is 12.2 Å². The molecule has 1 unspecified atom stereocenters. The van der Waals surface area contributed by atoms with Crippen molar-refractivity contribution in [3.05, 3.63) is 0 Å². The van der Waals surface area contributed by atoms with Gasteiger partial charge in [0.1, 0.15) is 0 Å². The number of hydrogen-bond donors (Lipinski definition) is 1. The molecule has 1 aliphatic heterocycles. The third kappa shape index (κ3) is 2.20. The Morgan fingerprint density at radius 1 is 1.50 bits per heavy atom. The maximum absolute atomic E-state index is 12.3. The normalized spacial score (nSPS) is 25.4. The standard InChI is InChI=1S/C11H16N2O4S/c1-16-8(14)7-6-13(4-5-17-7)10(15)11(2-3-11)9(12)18/h7H,2-6H2,1H3,(H2,12,18). The predicted octanol–water partition coefficient (Wildman–Crippen LogP) is -0.547. The van der Waals surface area contributed by atoms with Crippen LogP contribution in [0.1, 0.15) is 12.8 Å². The lowest BCUT2D eigenvalue weighted by molar-refractivity contribution is -0.163. The van der Waals surface area contributed by atoms with Gasteiger partial charge in [-0.2, -0.15) is 0 Å². The van der Waals surface area contributed by atoms with Crippen LogP contribution >= 0.6 is 12.2 Å². The second-order valence-electron chi connectivity index (χ2n) is 4.58. The van der Waals surface area contributed by atoms with E-state index in [1.165, 1.54) is 7.11 Å². The van der Waals surface area contributed by atoms with E-state index in [1.54, 1.807) is 4.90 Å². The fourth-order valence-corrected chi connectivity index (χ4v) is 2.39. The number of nitrogens with two attached hydrogens (primary N) is 1. The smallest absolute Gasteiger partial charge is 0.336 e. The zero-order valence-corrected chi connectivity index (χ0v) is 11.0. The average Bonchev–Trinajstić information content (AvgIpc) is 3.18. The van der Waals surface area contributed by atoms with Crippen molar-refractivity contribution in [3.8, 4) is 0 Å². The van der Waals surface area contributed by atoms with Crippen LogP contribution in [-0.4, -0.2) is 54.7 Å². The number of carbonyl (C=O) groups is 2. The van der Waals surface area contributed by atoms with E-state index in [2.05, 4.69) is 4.74 Å². The first-order valence-electron chi connectivity index (χ1n) is 5.80. The molecule has 0 spiro atoms. The largest absolute Gasteiger partial charge is 0.467 e. The summed E-state index contributed by atoms with van der Waals surface area (Å²) in [6, 6.07) is 0. The van der Waals surface area contributed by atoms with Crippen molar-refractivity contribution >= 4 is 29.1 Å². The summed E-state index contributed by atoms with van der Waals surface area (Å²) in [6.07, 6.45) is 0.679. The van der Waals surface area contributed by atoms with E-state index in [0.717, 1.165) is 0 Å². The van der Waals surface area contributed by atoms with Gasteiger partial charge in [0.05, 0.1) is 30.7 Å². The average molecular weight is 272 g/mol. The van der Waals surface area contributed by atoms with Gasteiger partial charge in [-0.15, -0.1) is 0 Å². The summed E-state index contributed by atoms with van der Waals surface area (Å²) in [4.78, 5) is 25.6. The van der Waals surface area contributed by atoms with Gasteiger partial charge < -0.3 is 20.1 Å². The van der Waals surface area contributed by atoms with E-state index in [1.807, 2.05) is 0 Å². The van der Waals surface area contributed by atoms with Crippen LogP contribution in [0.25, 0.3) is 0 Å². The molecule has 100 valence electrons. The lowest BCUT2D eigenvalue weighted by Crippen LogP contribution is -2.52. The summed E-state index contributed by atoms with van der Waals surface area (Å²) < 4.78 is 9.89. The number of amides is 1. The summed E-state index contributed by atoms with van der Waals surface area (Å²) in [5.41, 5.74) is 4.95. The first-order chi connectivity index (χ1) is 8.51. The van der Waals surface area contributed by atoms with Crippen molar-refractivity contribution in [2.75, 3.05) is 26.8 Å². The van der Waals surface area contributed by atoms with E-state index in [9.17, 15) is 9.59 Å². The number of thiocarbonyl (C=S) groups is 1. The fraction of sp³-hybridized carbons (Fsp3) is 0.727. The molecule has 2 rings (SSSR count). The number of nitrogens with zero attached hydrogens (tertiary/aromatic N) is 1. The number of carbonyl (C=O) groups excluding carboxylic acids is 2. The first kappa shape index (κ1) is 13.2. The van der Waals surface area contributed by atoms with Crippen LogP contribution in [0.5, 0.6) is 0 Å². The lowest BCUT2D eigenvalue weighted by Gasteiger charge is -2.33. The molecule has 2 N–H and O–H groups in total. The molecule has 2 fully saturated rings. The number of hydrogen-bond acceptors (Lipinski definition) is 5. The summed E-state index contributed by atoms with van der Waals surface area (Å²) in [7, 11) is 1.30. The molecule has 0 aromatic carbocycles. The molecule has 2 aliphatic rings. The van der Waals surface area contributed by atoms with Crippen molar-refractivity contribution < 1.29 is 19.1 Å². The molecular weight excluding hydrogens is 256 g/mol. The zero-order chi connectivity index (χ0) is 13.3. The number of esters is 1. The summed E-state index contributed by atoms with van der Waals surface area (Å²) in [5, 5.41) is 0. The maximum Gasteiger partial charge on any atom is 0.336 e. The Morgan fingerprint density at radius 2 is 2.17 bits per heavy atom. The molecule has 18 heavy (non-hydrogen) atoms. The SMILES string of the molecule is COC(=O)C1CN(C(=O)C2(C(N)=S)CC2)CCO1. The van der Waals surface area contributed by atoms with Gasteiger partial charge in [0.2, 0.25) is 5.91 Å². The van der Waals surface area contributed by atoms with Crippen molar-refractivity contribution in [1.82, 2.24) is 4.90 Å². The molecule has 1 amide bonds. The lowest BCUT2D eigenvalue weighted by atomic mass is 10.0. The minimum absolute atomic E-state index is 0.0906. The number of rotatable bonds is 3. The summed E-state index contributed by atoms with van der Waals surface area (Å²) >= 11 is 4.95. The van der Waals surface area contributed by atoms with E-state index >= 15 is 0 Å². The summed E-state index contributed by atoms with van der Waals surface area (Å²) in [6.45, 7) is 0.978. The second kappa shape index (κ2) is 4.81. The van der Waals surface area contributed by atoms with Gasteiger partial charge in [-0.25, -0.2) is 4.79 Å². The highest BCUT2D eigenvalue weighted by Gasteiger charge is 2.55. The van der Waals surface area contributed by atoms with Crippen LogP contribution < -0.4 is 5.73 Å². The third-order valence-electron chi connectivity index (χ3n) is 3.45. The molecule has 1 saturated carbocycles. The maximum atomic E-state index is 12.3. The predicted molar refractivity (Wildman–Crippen MR) is 66.8 cm³/mol. The van der Waals surface area contributed by atoms with Gasteiger partial charge >= 0.3 is 5.97 Å². The topological polar surface area (TPSA) is 81.9 Å². The molecular formula is C11H16N2O4S. The van der Waals surface area contributed by atoms with Crippen LogP contribution in [0.4, 0.5) is 0 Å². The highest BCUT2D eigenvalue weighted by atomic mass is 32.1. The van der Waals surface area contributed by atoms with Crippen LogP contribution in [0.2, 0.25) is 0 Å². The van der Waals surface area contributed by atoms with Crippen LogP contribution in [0.3, 0.4) is 0 Å². The van der Waals surface area contributed by atoms with Gasteiger partial charge in [0, 0.05) is 6.54 Å². The second-order valence-corrected chi connectivity index (χ2v) is 5.02. The number of morpholine rings is 1. The highest BCUT2D eigenvalue weighted by molar-refractivity contribution is 7.80. The molecule has 0 aromatic rings. The third-order valence-corrected chi connectivity index (χ3v) is 3.84. The van der Waals surface area contributed by atoms with Crippen LogP contribution in [-0.2, 0) is 19.1 Å². The fourth-order valence-electron chi connectivity index (χ4n) is 2.10. The molecule has 1 saturated heterocycles. The summed E-state index contributed by atoms with van der Waals surface area (Å²) in [5.74, 6) is -0.556. The molecule has 6 nitrogen and oxygen atoms in total. The monoisotopic (exact) mass is 272 g/mol. The Hall–Kier alpha value is -1.21. The Bertz CT molecular complexity index is 395. The zero-order valence-electron chi connectivity index (χ0n) is 10.2. The highest BCUT2D eigenvalue weighted by Crippen LogP contribution is 2.47. The van der Waals surface area contributed by atoms with Gasteiger partial charge in [0.25, 0.3) is 0 Å². The molecule has 1 heterocycles.